The number of benzene rings is 1. The number of nitrogens with two attached hydrogens (primary N) is 1. The van der Waals surface area contributed by atoms with Crippen molar-refractivity contribution < 1.29 is 24.3 Å². The SMILES string of the molecule is COc1cc(C(C)C(N)C(=O)O)c([N+](=O)[O-])cc1OC. The topological polar surface area (TPSA) is 125 Å². The van der Waals surface area contributed by atoms with Crippen LogP contribution in [0, 0.1) is 10.1 Å². The third-order valence-corrected chi connectivity index (χ3v) is 3.04. The molecule has 8 heteroatoms. The maximum atomic E-state index is 11.1. The lowest BCUT2D eigenvalue weighted by Gasteiger charge is -2.18. The molecule has 0 aromatic heterocycles. The Kier molecular flexibility index (Phi) is 4.87. The molecule has 0 amide bonds. The second-order valence-electron chi connectivity index (χ2n) is 4.18. The molecule has 1 rings (SSSR count). The highest BCUT2D eigenvalue weighted by Crippen LogP contribution is 2.38. The Morgan fingerprint density at radius 1 is 1.35 bits per heavy atom. The van der Waals surface area contributed by atoms with Crippen LogP contribution in [0.1, 0.15) is 18.4 Å². The average molecular weight is 284 g/mol. The van der Waals surface area contributed by atoms with Crippen LogP contribution in [0.25, 0.3) is 0 Å². The van der Waals surface area contributed by atoms with Gasteiger partial charge in [-0.05, 0) is 6.07 Å². The van der Waals surface area contributed by atoms with Crippen molar-refractivity contribution in [2.45, 2.75) is 18.9 Å². The van der Waals surface area contributed by atoms with Gasteiger partial charge >= 0.3 is 5.97 Å². The molecule has 3 N–H and O–H groups in total. The van der Waals surface area contributed by atoms with Gasteiger partial charge in [0.25, 0.3) is 5.69 Å². The summed E-state index contributed by atoms with van der Waals surface area (Å²) < 4.78 is 10.1. The fourth-order valence-corrected chi connectivity index (χ4v) is 1.81. The van der Waals surface area contributed by atoms with E-state index < -0.39 is 22.9 Å². The van der Waals surface area contributed by atoms with Gasteiger partial charge in [0.15, 0.2) is 11.5 Å². The number of carbonyl (C=O) groups is 1. The molecule has 2 atom stereocenters. The number of carboxylic acids is 1. The molecule has 0 saturated heterocycles. The van der Waals surface area contributed by atoms with Crippen LogP contribution >= 0.6 is 0 Å². The molecule has 0 saturated carbocycles. The van der Waals surface area contributed by atoms with Crippen LogP contribution in [-0.4, -0.2) is 36.3 Å². The van der Waals surface area contributed by atoms with Gasteiger partial charge in [-0.1, -0.05) is 6.92 Å². The number of carboxylic acid groups (broad SMARTS) is 1. The number of aliphatic carboxylic acids is 1. The number of hydrogen-bond acceptors (Lipinski definition) is 6. The number of nitrogens with zero attached hydrogens (tertiary/aromatic N) is 1. The Morgan fingerprint density at radius 3 is 2.25 bits per heavy atom. The van der Waals surface area contributed by atoms with Crippen LogP contribution in [0.2, 0.25) is 0 Å². The van der Waals surface area contributed by atoms with Crippen LogP contribution in [-0.2, 0) is 4.79 Å². The molecule has 8 nitrogen and oxygen atoms in total. The van der Waals surface area contributed by atoms with E-state index in [9.17, 15) is 14.9 Å². The number of hydrogen-bond donors (Lipinski definition) is 2. The molecule has 20 heavy (non-hydrogen) atoms. The molecule has 0 heterocycles. The molecule has 0 spiro atoms. The second kappa shape index (κ2) is 6.20. The first-order chi connectivity index (χ1) is 9.33. The third kappa shape index (κ3) is 2.97. The number of ether oxygens (including phenoxy) is 2. The van der Waals surface area contributed by atoms with Gasteiger partial charge < -0.3 is 20.3 Å². The predicted molar refractivity (Wildman–Crippen MR) is 70.2 cm³/mol. The van der Waals surface area contributed by atoms with E-state index in [1.807, 2.05) is 0 Å². The molecular formula is C12H16N2O6. The van der Waals surface area contributed by atoms with E-state index in [4.69, 9.17) is 20.3 Å². The molecule has 2 unspecified atom stereocenters. The first-order valence-corrected chi connectivity index (χ1v) is 5.72. The summed E-state index contributed by atoms with van der Waals surface area (Å²) in [6, 6.07) is 1.32. The first-order valence-electron chi connectivity index (χ1n) is 5.72. The zero-order valence-electron chi connectivity index (χ0n) is 11.3. The molecule has 0 aliphatic heterocycles. The summed E-state index contributed by atoms with van der Waals surface area (Å²) in [5.41, 5.74) is 5.45. The monoisotopic (exact) mass is 284 g/mol. The van der Waals surface area contributed by atoms with Crippen LogP contribution < -0.4 is 15.2 Å². The molecular weight excluding hydrogens is 268 g/mol. The van der Waals surface area contributed by atoms with Crippen LogP contribution in [0.15, 0.2) is 12.1 Å². The van der Waals surface area contributed by atoms with Crippen molar-refractivity contribution in [1.82, 2.24) is 0 Å². The third-order valence-electron chi connectivity index (χ3n) is 3.04. The molecule has 0 aliphatic rings. The highest BCUT2D eigenvalue weighted by atomic mass is 16.6. The van der Waals surface area contributed by atoms with Crippen molar-refractivity contribution in [3.8, 4) is 11.5 Å². The van der Waals surface area contributed by atoms with E-state index in [1.165, 1.54) is 33.3 Å². The van der Waals surface area contributed by atoms with Gasteiger partial charge in [0.05, 0.1) is 25.2 Å². The van der Waals surface area contributed by atoms with E-state index in [0.717, 1.165) is 0 Å². The number of methoxy groups -OCH3 is 2. The summed E-state index contributed by atoms with van der Waals surface area (Å²) in [6.07, 6.45) is 0. The molecule has 0 radical (unpaired) electrons. The molecule has 0 fully saturated rings. The van der Waals surface area contributed by atoms with Crippen molar-refractivity contribution in [2.75, 3.05) is 14.2 Å². The zero-order chi connectivity index (χ0) is 15.4. The molecule has 0 bridgehead atoms. The van der Waals surface area contributed by atoms with Crippen LogP contribution in [0.4, 0.5) is 5.69 Å². The number of nitro benzene ring substituents is 1. The average Bonchev–Trinajstić information content (AvgIpc) is 2.43. The van der Waals surface area contributed by atoms with Gasteiger partial charge in [-0.25, -0.2) is 0 Å². The molecule has 1 aromatic rings. The summed E-state index contributed by atoms with van der Waals surface area (Å²) in [6.45, 7) is 1.51. The lowest BCUT2D eigenvalue weighted by Crippen LogP contribution is -2.35. The quantitative estimate of drug-likeness (QED) is 0.592. The minimum Gasteiger partial charge on any atom is -0.493 e. The highest BCUT2D eigenvalue weighted by molar-refractivity contribution is 5.75. The van der Waals surface area contributed by atoms with Gasteiger partial charge in [-0.2, -0.15) is 0 Å². The Balaban J connectivity index is 3.43. The fraction of sp³-hybridized carbons (Fsp3) is 0.417. The second-order valence-corrected chi connectivity index (χ2v) is 4.18. The predicted octanol–water partition coefficient (Wildman–Crippen LogP) is 1.13. The normalized spacial score (nSPS) is 13.4. The van der Waals surface area contributed by atoms with E-state index in [2.05, 4.69) is 0 Å². The minimum atomic E-state index is -1.26. The van der Waals surface area contributed by atoms with Gasteiger partial charge in [0.2, 0.25) is 0 Å². The van der Waals surface area contributed by atoms with E-state index >= 15 is 0 Å². The maximum absolute atomic E-state index is 11.1. The summed E-state index contributed by atoms with van der Waals surface area (Å²) >= 11 is 0. The Morgan fingerprint density at radius 2 is 1.85 bits per heavy atom. The fourth-order valence-electron chi connectivity index (χ4n) is 1.81. The van der Waals surface area contributed by atoms with Crippen LogP contribution in [0.5, 0.6) is 11.5 Å². The maximum Gasteiger partial charge on any atom is 0.321 e. The van der Waals surface area contributed by atoms with Crippen molar-refractivity contribution in [3.63, 3.8) is 0 Å². The standard InChI is InChI=1S/C12H16N2O6/c1-6(11(13)12(15)16)7-4-9(19-2)10(20-3)5-8(7)14(17)18/h4-6,11H,13H2,1-3H3,(H,15,16). The summed E-state index contributed by atoms with van der Waals surface area (Å²) in [4.78, 5) is 21.4. The zero-order valence-corrected chi connectivity index (χ0v) is 11.3. The highest BCUT2D eigenvalue weighted by Gasteiger charge is 2.29. The van der Waals surface area contributed by atoms with Crippen molar-refractivity contribution in [1.29, 1.82) is 0 Å². The van der Waals surface area contributed by atoms with Crippen molar-refractivity contribution in [2.24, 2.45) is 5.73 Å². The van der Waals surface area contributed by atoms with Gasteiger partial charge in [0.1, 0.15) is 6.04 Å². The minimum absolute atomic E-state index is 0.183. The van der Waals surface area contributed by atoms with Crippen molar-refractivity contribution in [3.05, 3.63) is 27.8 Å². The Hall–Kier alpha value is -2.35. The van der Waals surface area contributed by atoms with Gasteiger partial charge in [0, 0.05) is 11.5 Å². The van der Waals surface area contributed by atoms with E-state index in [0.29, 0.717) is 0 Å². The van der Waals surface area contributed by atoms with E-state index in [1.54, 1.807) is 0 Å². The van der Waals surface area contributed by atoms with E-state index in [-0.39, 0.29) is 22.7 Å². The molecule has 110 valence electrons. The lowest BCUT2D eigenvalue weighted by atomic mass is 9.92. The Bertz CT molecular complexity index is 531. The molecule has 0 aliphatic carbocycles. The largest absolute Gasteiger partial charge is 0.493 e. The summed E-state index contributed by atoms with van der Waals surface area (Å²) in [7, 11) is 2.74. The molecule has 1 aromatic carbocycles. The number of nitro groups is 1. The summed E-state index contributed by atoms with van der Waals surface area (Å²) in [5, 5.41) is 20.0. The van der Waals surface area contributed by atoms with Gasteiger partial charge in [-0.3, -0.25) is 14.9 Å². The van der Waals surface area contributed by atoms with Gasteiger partial charge in [-0.15, -0.1) is 0 Å². The first kappa shape index (κ1) is 15.7. The summed E-state index contributed by atoms with van der Waals surface area (Å²) in [5.74, 6) is -1.52. The number of rotatable bonds is 6. The lowest BCUT2D eigenvalue weighted by molar-refractivity contribution is -0.385. The van der Waals surface area contributed by atoms with Crippen LogP contribution in [0.3, 0.4) is 0 Å². The van der Waals surface area contributed by atoms with Crippen molar-refractivity contribution >= 4 is 11.7 Å². The smallest absolute Gasteiger partial charge is 0.321 e. The Labute approximate surface area is 115 Å².